The number of nitrogens with zero attached hydrogens (tertiary/aromatic N) is 1. The van der Waals surface area contributed by atoms with E-state index in [1.54, 1.807) is 48.0 Å². The fraction of sp³-hybridized carbons (Fsp3) is 0.333. The summed E-state index contributed by atoms with van der Waals surface area (Å²) in [6.45, 7) is 3.81. The highest BCUT2D eigenvalue weighted by Crippen LogP contribution is 2.25. The van der Waals surface area contributed by atoms with Crippen LogP contribution in [0, 0.1) is 13.8 Å². The number of aryl methyl sites for hydroxylation is 2. The molecule has 3 rings (SSSR count). The summed E-state index contributed by atoms with van der Waals surface area (Å²) < 4.78 is 10.9. The highest BCUT2D eigenvalue weighted by atomic mass is 32.2. The molecule has 2 aromatic rings. The summed E-state index contributed by atoms with van der Waals surface area (Å²) >= 11 is 1.56. The average molecular weight is 401 g/mol. The first-order chi connectivity index (χ1) is 13.5. The summed E-state index contributed by atoms with van der Waals surface area (Å²) in [7, 11) is 1.59. The van der Waals surface area contributed by atoms with Gasteiger partial charge in [0.2, 0.25) is 5.91 Å². The van der Waals surface area contributed by atoms with Crippen molar-refractivity contribution >= 4 is 29.3 Å². The monoisotopic (exact) mass is 400 g/mol. The minimum Gasteiger partial charge on any atom is -0.497 e. The fourth-order valence-corrected chi connectivity index (χ4v) is 4.23. The Bertz CT molecular complexity index is 834. The first kappa shape index (κ1) is 20.1. The molecular formula is C21H24N2O4S. The second kappa shape index (κ2) is 9.01. The Kier molecular flexibility index (Phi) is 6.46. The van der Waals surface area contributed by atoms with Crippen LogP contribution in [0.3, 0.4) is 0 Å². The zero-order valence-corrected chi connectivity index (χ0v) is 17.0. The number of hydrogen-bond donors (Lipinski definition) is 1. The summed E-state index contributed by atoms with van der Waals surface area (Å²) in [5.74, 6) is 2.10. The van der Waals surface area contributed by atoms with Gasteiger partial charge in [-0.05, 0) is 49.2 Å². The van der Waals surface area contributed by atoms with E-state index in [-0.39, 0.29) is 18.4 Å². The Hall–Kier alpha value is -2.67. The number of ether oxygens (including phenoxy) is 2. The number of methoxy groups -OCH3 is 1. The van der Waals surface area contributed by atoms with Gasteiger partial charge in [0.05, 0.1) is 13.0 Å². The van der Waals surface area contributed by atoms with E-state index in [2.05, 4.69) is 5.32 Å². The second-order valence-corrected chi connectivity index (χ2v) is 7.61. The number of thioether (sulfide) groups is 1. The Morgan fingerprint density at radius 2 is 1.82 bits per heavy atom. The topological polar surface area (TPSA) is 67.9 Å². The van der Waals surface area contributed by atoms with Crippen molar-refractivity contribution in [1.82, 2.24) is 4.90 Å². The lowest BCUT2D eigenvalue weighted by Gasteiger charge is -2.23. The van der Waals surface area contributed by atoms with E-state index in [1.807, 2.05) is 32.0 Å². The molecule has 0 aromatic heterocycles. The summed E-state index contributed by atoms with van der Waals surface area (Å²) in [4.78, 5) is 26.9. The van der Waals surface area contributed by atoms with Gasteiger partial charge in [-0.15, -0.1) is 11.8 Å². The van der Waals surface area contributed by atoms with Crippen LogP contribution in [0.15, 0.2) is 42.5 Å². The molecule has 2 amide bonds. The molecule has 1 unspecified atom stereocenters. The van der Waals surface area contributed by atoms with Gasteiger partial charge in [-0.3, -0.25) is 9.59 Å². The Morgan fingerprint density at radius 1 is 1.14 bits per heavy atom. The van der Waals surface area contributed by atoms with Crippen LogP contribution in [0.25, 0.3) is 0 Å². The molecule has 1 heterocycles. The van der Waals surface area contributed by atoms with E-state index in [0.29, 0.717) is 17.3 Å². The quantitative estimate of drug-likeness (QED) is 0.806. The molecular weight excluding hydrogens is 376 g/mol. The summed E-state index contributed by atoms with van der Waals surface area (Å²) in [5, 5.41) is 2.87. The molecule has 0 saturated carbocycles. The van der Waals surface area contributed by atoms with Crippen molar-refractivity contribution in [2.45, 2.75) is 19.9 Å². The molecule has 1 aliphatic rings. The lowest BCUT2D eigenvalue weighted by Crippen LogP contribution is -2.46. The number of anilines is 1. The van der Waals surface area contributed by atoms with Crippen molar-refractivity contribution in [3.63, 3.8) is 0 Å². The maximum Gasteiger partial charge on any atom is 0.261 e. The van der Waals surface area contributed by atoms with Crippen LogP contribution in [-0.2, 0) is 9.59 Å². The predicted octanol–water partition coefficient (Wildman–Crippen LogP) is 3.23. The van der Waals surface area contributed by atoms with Gasteiger partial charge < -0.3 is 19.7 Å². The van der Waals surface area contributed by atoms with E-state index < -0.39 is 6.04 Å². The van der Waals surface area contributed by atoms with Crippen LogP contribution in [0.4, 0.5) is 5.69 Å². The van der Waals surface area contributed by atoms with Crippen molar-refractivity contribution in [3.8, 4) is 11.5 Å². The third-order valence-electron chi connectivity index (χ3n) is 4.61. The number of para-hydroxylation sites is 1. The number of hydrogen-bond acceptors (Lipinski definition) is 5. The third kappa shape index (κ3) is 4.59. The van der Waals surface area contributed by atoms with Gasteiger partial charge in [0.25, 0.3) is 5.91 Å². The molecule has 7 heteroatoms. The number of nitrogens with one attached hydrogen (secondary N) is 1. The molecule has 0 radical (unpaired) electrons. The van der Waals surface area contributed by atoms with E-state index in [4.69, 9.17) is 9.47 Å². The predicted molar refractivity (Wildman–Crippen MR) is 111 cm³/mol. The van der Waals surface area contributed by atoms with Crippen LogP contribution in [-0.4, -0.2) is 48.1 Å². The molecule has 28 heavy (non-hydrogen) atoms. The van der Waals surface area contributed by atoms with Crippen molar-refractivity contribution in [1.29, 1.82) is 0 Å². The van der Waals surface area contributed by atoms with Gasteiger partial charge >= 0.3 is 0 Å². The zero-order chi connectivity index (χ0) is 20.1. The number of carbonyl (C=O) groups excluding carboxylic acids is 2. The molecule has 0 spiro atoms. The molecule has 1 aliphatic heterocycles. The lowest BCUT2D eigenvalue weighted by atomic mass is 10.1. The summed E-state index contributed by atoms with van der Waals surface area (Å²) in [6.07, 6.45) is 0. The van der Waals surface area contributed by atoms with Gasteiger partial charge in [-0.2, -0.15) is 0 Å². The Balaban J connectivity index is 1.61. The zero-order valence-electron chi connectivity index (χ0n) is 16.2. The highest BCUT2D eigenvalue weighted by molar-refractivity contribution is 7.99. The molecule has 0 bridgehead atoms. The van der Waals surface area contributed by atoms with Crippen LogP contribution in [0.5, 0.6) is 11.5 Å². The van der Waals surface area contributed by atoms with Crippen molar-refractivity contribution in [3.05, 3.63) is 53.6 Å². The van der Waals surface area contributed by atoms with Crippen molar-refractivity contribution < 1.29 is 19.1 Å². The van der Waals surface area contributed by atoms with Gasteiger partial charge in [0.1, 0.15) is 17.5 Å². The van der Waals surface area contributed by atoms with Gasteiger partial charge in [-0.25, -0.2) is 0 Å². The average Bonchev–Trinajstić information content (AvgIpc) is 3.18. The summed E-state index contributed by atoms with van der Waals surface area (Å²) in [6, 6.07) is 12.4. The number of amides is 2. The van der Waals surface area contributed by atoms with Gasteiger partial charge in [0, 0.05) is 11.4 Å². The first-order valence-electron chi connectivity index (χ1n) is 9.00. The minimum absolute atomic E-state index is 0.0848. The number of rotatable bonds is 6. The van der Waals surface area contributed by atoms with E-state index in [9.17, 15) is 9.59 Å². The maximum absolute atomic E-state index is 12.7. The smallest absolute Gasteiger partial charge is 0.261 e. The maximum atomic E-state index is 12.7. The van der Waals surface area contributed by atoms with Crippen LogP contribution < -0.4 is 14.8 Å². The van der Waals surface area contributed by atoms with Gasteiger partial charge in [0.15, 0.2) is 6.61 Å². The molecule has 148 valence electrons. The van der Waals surface area contributed by atoms with Crippen LogP contribution in [0.1, 0.15) is 11.1 Å². The minimum atomic E-state index is -0.513. The summed E-state index contributed by atoms with van der Waals surface area (Å²) in [5.41, 5.74) is 2.64. The normalized spacial score (nSPS) is 16.0. The first-order valence-corrected chi connectivity index (χ1v) is 10.2. The molecule has 1 saturated heterocycles. The van der Waals surface area contributed by atoms with Crippen molar-refractivity contribution in [2.75, 3.05) is 30.7 Å². The lowest BCUT2D eigenvalue weighted by molar-refractivity contribution is -0.137. The second-order valence-electron chi connectivity index (χ2n) is 6.61. The van der Waals surface area contributed by atoms with Crippen LogP contribution >= 0.6 is 11.8 Å². The molecule has 6 nitrogen and oxygen atoms in total. The van der Waals surface area contributed by atoms with E-state index in [0.717, 1.165) is 22.6 Å². The van der Waals surface area contributed by atoms with Crippen molar-refractivity contribution in [2.24, 2.45) is 0 Å². The molecule has 1 atom stereocenters. The molecule has 1 N–H and O–H groups in total. The molecule has 1 fully saturated rings. The molecule has 0 aliphatic carbocycles. The fourth-order valence-electron chi connectivity index (χ4n) is 3.05. The highest BCUT2D eigenvalue weighted by Gasteiger charge is 2.34. The van der Waals surface area contributed by atoms with E-state index in [1.165, 1.54) is 0 Å². The number of benzene rings is 2. The third-order valence-corrected chi connectivity index (χ3v) is 5.62. The largest absolute Gasteiger partial charge is 0.497 e. The van der Waals surface area contributed by atoms with Crippen LogP contribution in [0.2, 0.25) is 0 Å². The standard InChI is InChI=1S/C21H24N2O4S/c1-14-5-4-6-15(2)20(14)27-11-19(24)23-13-28-12-18(23)21(25)22-16-7-9-17(26-3)10-8-16/h4-10,18H,11-13H2,1-3H3,(H,22,25). The molecule has 2 aromatic carbocycles. The van der Waals surface area contributed by atoms with Gasteiger partial charge in [-0.1, -0.05) is 18.2 Å². The SMILES string of the molecule is COc1ccc(NC(=O)C2CSCN2C(=O)COc2c(C)cccc2C)cc1. The Morgan fingerprint density at radius 3 is 2.46 bits per heavy atom. The van der Waals surface area contributed by atoms with E-state index >= 15 is 0 Å². The number of carbonyl (C=O) groups is 2. The Labute approximate surface area is 169 Å².